The molecule has 2 aromatic heterocycles. The summed E-state index contributed by atoms with van der Waals surface area (Å²) in [4.78, 5) is 23.0. The molecular weight excluding hydrogens is 268 g/mol. The van der Waals surface area contributed by atoms with Crippen LogP contribution in [-0.2, 0) is 0 Å². The molecule has 0 fully saturated rings. The fourth-order valence-electron chi connectivity index (χ4n) is 1.43. The normalized spacial score (nSPS) is 12.1. The number of nitrogens with zero attached hydrogens (tertiary/aromatic N) is 4. The molecule has 0 amide bonds. The van der Waals surface area contributed by atoms with Crippen LogP contribution in [0.15, 0.2) is 12.4 Å². The SMILES string of the molecule is Cc1cnc(C(C)Nc2ncc([N+](=O)[O-])c(N)n2)s1. The highest BCUT2D eigenvalue weighted by atomic mass is 32.1. The van der Waals surface area contributed by atoms with Crippen LogP contribution in [0.3, 0.4) is 0 Å². The highest BCUT2D eigenvalue weighted by Gasteiger charge is 2.16. The van der Waals surface area contributed by atoms with Crippen LogP contribution in [0.2, 0.25) is 0 Å². The zero-order valence-electron chi connectivity index (χ0n) is 10.3. The van der Waals surface area contributed by atoms with E-state index in [0.717, 1.165) is 16.1 Å². The second-order valence-electron chi connectivity index (χ2n) is 3.90. The van der Waals surface area contributed by atoms with E-state index >= 15 is 0 Å². The number of nitro groups is 1. The summed E-state index contributed by atoms with van der Waals surface area (Å²) in [5, 5.41) is 14.5. The largest absolute Gasteiger partial charge is 0.378 e. The van der Waals surface area contributed by atoms with Gasteiger partial charge in [-0.25, -0.2) is 9.97 Å². The summed E-state index contributed by atoms with van der Waals surface area (Å²) in [7, 11) is 0. The number of nitrogen functional groups attached to an aromatic ring is 1. The van der Waals surface area contributed by atoms with E-state index < -0.39 is 4.92 Å². The lowest BCUT2D eigenvalue weighted by Gasteiger charge is -2.10. The standard InChI is InChI=1S/C10H12N6O2S/c1-5-3-12-9(19-5)6(2)14-10-13-4-7(16(17)18)8(11)15-10/h3-4,6H,1-2H3,(H3,11,13,14,15). The first kappa shape index (κ1) is 13.1. The van der Waals surface area contributed by atoms with Crippen LogP contribution in [0.25, 0.3) is 0 Å². The number of thiazole rings is 1. The van der Waals surface area contributed by atoms with Gasteiger partial charge < -0.3 is 11.1 Å². The van der Waals surface area contributed by atoms with Crippen molar-refractivity contribution in [3.63, 3.8) is 0 Å². The number of hydrogen-bond acceptors (Lipinski definition) is 8. The number of rotatable bonds is 4. The number of nitrogens with one attached hydrogen (secondary N) is 1. The zero-order valence-corrected chi connectivity index (χ0v) is 11.1. The summed E-state index contributed by atoms with van der Waals surface area (Å²) in [6.07, 6.45) is 2.87. The van der Waals surface area contributed by atoms with Gasteiger partial charge in [0.15, 0.2) is 0 Å². The molecule has 0 saturated carbocycles. The molecule has 100 valence electrons. The number of nitrogens with two attached hydrogens (primary N) is 1. The van der Waals surface area contributed by atoms with Gasteiger partial charge in [0.05, 0.1) is 11.0 Å². The highest BCUT2D eigenvalue weighted by molar-refractivity contribution is 7.11. The Kier molecular flexibility index (Phi) is 3.56. The Labute approximate surface area is 112 Å². The first-order valence-electron chi connectivity index (χ1n) is 5.43. The maximum Gasteiger partial charge on any atom is 0.329 e. The van der Waals surface area contributed by atoms with Crippen molar-refractivity contribution in [3.05, 3.63) is 32.4 Å². The van der Waals surface area contributed by atoms with Crippen molar-refractivity contribution >= 4 is 28.8 Å². The smallest absolute Gasteiger partial charge is 0.329 e. The van der Waals surface area contributed by atoms with Gasteiger partial charge in [-0.15, -0.1) is 11.3 Å². The Morgan fingerprint density at radius 1 is 1.47 bits per heavy atom. The van der Waals surface area contributed by atoms with Crippen LogP contribution in [0.5, 0.6) is 0 Å². The predicted octanol–water partition coefficient (Wildman–Crippen LogP) is 1.91. The zero-order chi connectivity index (χ0) is 14.0. The monoisotopic (exact) mass is 280 g/mol. The Morgan fingerprint density at radius 3 is 2.74 bits per heavy atom. The molecule has 9 heteroatoms. The summed E-state index contributed by atoms with van der Waals surface area (Å²) in [5.74, 6) is 0.0773. The van der Waals surface area contributed by atoms with Crippen LogP contribution in [0, 0.1) is 17.0 Å². The molecule has 0 saturated heterocycles. The number of hydrogen-bond donors (Lipinski definition) is 2. The number of aromatic nitrogens is 3. The van der Waals surface area contributed by atoms with Gasteiger partial charge in [0.25, 0.3) is 0 Å². The average molecular weight is 280 g/mol. The minimum Gasteiger partial charge on any atom is -0.378 e. The minimum absolute atomic E-state index is 0.0976. The Balaban J connectivity index is 2.15. The van der Waals surface area contributed by atoms with Gasteiger partial charge in [-0.05, 0) is 13.8 Å². The van der Waals surface area contributed by atoms with E-state index in [2.05, 4.69) is 20.3 Å². The molecule has 0 bridgehead atoms. The number of aryl methyl sites for hydroxylation is 1. The van der Waals surface area contributed by atoms with E-state index in [9.17, 15) is 10.1 Å². The predicted molar refractivity (Wildman–Crippen MR) is 72.0 cm³/mol. The third-order valence-corrected chi connectivity index (χ3v) is 3.45. The van der Waals surface area contributed by atoms with E-state index in [1.165, 1.54) is 0 Å². The topological polar surface area (TPSA) is 120 Å². The van der Waals surface area contributed by atoms with Gasteiger partial charge in [0.1, 0.15) is 11.2 Å². The van der Waals surface area contributed by atoms with E-state index in [1.54, 1.807) is 17.5 Å². The molecule has 3 N–H and O–H groups in total. The summed E-state index contributed by atoms with van der Waals surface area (Å²) in [5.41, 5.74) is 5.19. The Morgan fingerprint density at radius 2 is 2.21 bits per heavy atom. The maximum absolute atomic E-state index is 10.6. The summed E-state index contributed by atoms with van der Waals surface area (Å²) >= 11 is 1.56. The van der Waals surface area contributed by atoms with Crippen molar-refractivity contribution in [1.82, 2.24) is 15.0 Å². The van der Waals surface area contributed by atoms with E-state index in [4.69, 9.17) is 5.73 Å². The average Bonchev–Trinajstić information content (AvgIpc) is 2.75. The third-order valence-electron chi connectivity index (χ3n) is 2.35. The fraction of sp³-hybridized carbons (Fsp3) is 0.300. The molecule has 1 atom stereocenters. The van der Waals surface area contributed by atoms with E-state index in [0.29, 0.717) is 0 Å². The fourth-order valence-corrected chi connectivity index (χ4v) is 2.20. The van der Waals surface area contributed by atoms with Gasteiger partial charge in [-0.2, -0.15) is 4.98 Å². The quantitative estimate of drug-likeness (QED) is 0.648. The second kappa shape index (κ2) is 5.14. The van der Waals surface area contributed by atoms with Gasteiger partial charge in [-0.1, -0.05) is 0 Å². The van der Waals surface area contributed by atoms with Crippen LogP contribution in [-0.4, -0.2) is 19.9 Å². The molecule has 8 nitrogen and oxygen atoms in total. The molecule has 19 heavy (non-hydrogen) atoms. The van der Waals surface area contributed by atoms with E-state index in [1.807, 2.05) is 13.8 Å². The van der Waals surface area contributed by atoms with Crippen molar-refractivity contribution in [3.8, 4) is 0 Å². The molecule has 0 aromatic carbocycles. The van der Waals surface area contributed by atoms with Gasteiger partial charge in [0, 0.05) is 11.1 Å². The van der Waals surface area contributed by atoms with Gasteiger partial charge in [0.2, 0.25) is 11.8 Å². The molecular formula is C10H12N6O2S. The van der Waals surface area contributed by atoms with Crippen LogP contribution in [0.4, 0.5) is 17.5 Å². The molecule has 0 spiro atoms. The maximum atomic E-state index is 10.6. The van der Waals surface area contributed by atoms with E-state index in [-0.39, 0.29) is 23.5 Å². The van der Waals surface area contributed by atoms with Crippen molar-refractivity contribution in [2.75, 3.05) is 11.1 Å². The first-order chi connectivity index (χ1) is 8.97. The highest BCUT2D eigenvalue weighted by Crippen LogP contribution is 2.23. The lowest BCUT2D eigenvalue weighted by Crippen LogP contribution is -2.10. The van der Waals surface area contributed by atoms with Crippen molar-refractivity contribution < 1.29 is 4.92 Å². The van der Waals surface area contributed by atoms with Crippen LogP contribution < -0.4 is 11.1 Å². The second-order valence-corrected chi connectivity index (χ2v) is 5.16. The molecule has 2 heterocycles. The van der Waals surface area contributed by atoms with Gasteiger partial charge >= 0.3 is 5.69 Å². The number of anilines is 2. The lowest BCUT2D eigenvalue weighted by molar-refractivity contribution is -0.384. The molecule has 0 aliphatic rings. The summed E-state index contributed by atoms with van der Waals surface area (Å²) < 4.78 is 0. The molecule has 2 aromatic rings. The molecule has 0 aliphatic carbocycles. The first-order valence-corrected chi connectivity index (χ1v) is 6.25. The summed E-state index contributed by atoms with van der Waals surface area (Å²) in [6, 6.07) is -0.0976. The molecule has 1 unspecified atom stereocenters. The van der Waals surface area contributed by atoms with Crippen molar-refractivity contribution in [2.24, 2.45) is 0 Å². The van der Waals surface area contributed by atoms with Crippen molar-refractivity contribution in [2.45, 2.75) is 19.9 Å². The van der Waals surface area contributed by atoms with Crippen molar-refractivity contribution in [1.29, 1.82) is 0 Å². The molecule has 2 rings (SSSR count). The van der Waals surface area contributed by atoms with Gasteiger partial charge in [-0.3, -0.25) is 10.1 Å². The van der Waals surface area contributed by atoms with Crippen LogP contribution in [0.1, 0.15) is 22.9 Å². The molecule has 0 aliphatic heterocycles. The van der Waals surface area contributed by atoms with Crippen LogP contribution >= 0.6 is 11.3 Å². The lowest BCUT2D eigenvalue weighted by atomic mass is 10.3. The Hall–Kier alpha value is -2.29. The summed E-state index contributed by atoms with van der Waals surface area (Å²) in [6.45, 7) is 3.87. The minimum atomic E-state index is -0.618. The molecule has 0 radical (unpaired) electrons. The third kappa shape index (κ3) is 2.94. The Bertz CT molecular complexity index is 614.